The van der Waals surface area contributed by atoms with Crippen molar-refractivity contribution < 1.29 is 14.8 Å². The second-order valence-corrected chi connectivity index (χ2v) is 8.73. The third-order valence-electron chi connectivity index (χ3n) is 4.49. The third-order valence-corrected chi connectivity index (χ3v) is 5.55. The Kier molecular flexibility index (Phi) is 11.8. The van der Waals surface area contributed by atoms with Crippen LogP contribution in [0.5, 0.6) is 0 Å². The molecule has 0 saturated heterocycles. The molecule has 0 spiro atoms. The van der Waals surface area contributed by atoms with E-state index in [0.717, 1.165) is 26.4 Å². The molecule has 1 atom stereocenters. The summed E-state index contributed by atoms with van der Waals surface area (Å²) in [4.78, 5) is 10.1. The summed E-state index contributed by atoms with van der Waals surface area (Å²) in [6, 6.07) is 34.0. The van der Waals surface area contributed by atoms with Crippen LogP contribution in [0.25, 0.3) is 0 Å². The number of aldehydes is 1. The Balaban J connectivity index is 0.000000186. The average molecular weight is 569 g/mol. The minimum absolute atomic E-state index is 0.0423. The normalized spacial score (nSPS) is 10.6. The Bertz CT molecular complexity index is 1080. The fourth-order valence-electron chi connectivity index (χ4n) is 2.69. The average Bonchev–Trinajstić information content (AvgIpc) is 2.86. The van der Waals surface area contributed by atoms with Gasteiger partial charge in [-0.15, -0.1) is 0 Å². The number of benzene rings is 4. The van der Waals surface area contributed by atoms with E-state index in [1.165, 1.54) is 0 Å². The number of nitrogens with two attached hydrogens (primary N) is 1. The maximum Gasteiger partial charge on any atom is 0.488 e. The van der Waals surface area contributed by atoms with E-state index in [0.29, 0.717) is 11.0 Å². The summed E-state index contributed by atoms with van der Waals surface area (Å²) >= 11 is 6.67. The third kappa shape index (κ3) is 9.86. The first-order valence-corrected chi connectivity index (χ1v) is 11.7. The molecule has 4 aromatic carbocycles. The number of carbonyl (C=O) groups excluding carboxylic acids is 1. The van der Waals surface area contributed by atoms with Gasteiger partial charge in [0.15, 0.2) is 0 Å². The van der Waals surface area contributed by atoms with E-state index in [2.05, 4.69) is 31.9 Å². The molecule has 33 heavy (non-hydrogen) atoms. The molecule has 7 heteroatoms. The summed E-state index contributed by atoms with van der Waals surface area (Å²) < 4.78 is 2.07. The SMILES string of the molecule is NC(c1ccccc1)c1ccc(Br)cc1.O=Cc1ccc(Br)cc1.OB(O)c1ccccc1. The lowest BCUT2D eigenvalue weighted by Crippen LogP contribution is -2.29. The van der Waals surface area contributed by atoms with Gasteiger partial charge in [0.25, 0.3) is 0 Å². The molecule has 0 aliphatic carbocycles. The van der Waals surface area contributed by atoms with E-state index >= 15 is 0 Å². The molecule has 1 unspecified atom stereocenters. The first kappa shape index (κ1) is 26.7. The fraction of sp³-hybridized carbons (Fsp3) is 0.0385. The monoisotopic (exact) mass is 567 g/mol. The van der Waals surface area contributed by atoms with E-state index in [9.17, 15) is 4.79 Å². The van der Waals surface area contributed by atoms with Gasteiger partial charge in [-0.25, -0.2) is 0 Å². The van der Waals surface area contributed by atoms with Crippen LogP contribution in [0, 0.1) is 0 Å². The van der Waals surface area contributed by atoms with Crippen molar-refractivity contribution in [2.24, 2.45) is 5.73 Å². The molecular formula is C26H24BBr2NO3. The number of carbonyl (C=O) groups is 1. The van der Waals surface area contributed by atoms with Crippen LogP contribution in [0.4, 0.5) is 0 Å². The highest BCUT2D eigenvalue weighted by Crippen LogP contribution is 2.21. The maximum atomic E-state index is 10.1. The molecule has 0 aliphatic heterocycles. The van der Waals surface area contributed by atoms with Crippen molar-refractivity contribution in [3.05, 3.63) is 135 Å². The van der Waals surface area contributed by atoms with Gasteiger partial charge in [-0.3, -0.25) is 4.79 Å². The van der Waals surface area contributed by atoms with Gasteiger partial charge in [0.05, 0.1) is 6.04 Å². The van der Waals surface area contributed by atoms with Crippen LogP contribution in [0.3, 0.4) is 0 Å². The van der Waals surface area contributed by atoms with Crippen LogP contribution in [-0.2, 0) is 0 Å². The Labute approximate surface area is 211 Å². The molecule has 0 saturated carbocycles. The van der Waals surface area contributed by atoms with Gasteiger partial charge in [0.2, 0.25) is 0 Å². The molecule has 4 rings (SSSR count). The molecule has 0 fully saturated rings. The molecular weight excluding hydrogens is 545 g/mol. The Morgan fingerprint density at radius 2 is 1.09 bits per heavy atom. The van der Waals surface area contributed by atoms with Crippen molar-refractivity contribution in [1.29, 1.82) is 0 Å². The zero-order valence-corrected chi connectivity index (χ0v) is 20.9. The van der Waals surface area contributed by atoms with Crippen LogP contribution >= 0.6 is 31.9 Å². The molecule has 4 N–H and O–H groups in total. The van der Waals surface area contributed by atoms with E-state index in [1.54, 1.807) is 36.4 Å². The fourth-order valence-corrected chi connectivity index (χ4v) is 3.22. The Hall–Kier alpha value is -2.55. The molecule has 0 heterocycles. The van der Waals surface area contributed by atoms with Gasteiger partial charge in [0.1, 0.15) is 6.29 Å². The van der Waals surface area contributed by atoms with E-state index in [4.69, 9.17) is 15.8 Å². The van der Waals surface area contributed by atoms with Crippen LogP contribution in [-0.4, -0.2) is 23.5 Å². The first-order chi connectivity index (χ1) is 15.9. The Morgan fingerprint density at radius 3 is 1.52 bits per heavy atom. The predicted molar refractivity (Wildman–Crippen MR) is 142 cm³/mol. The zero-order chi connectivity index (χ0) is 24.1. The van der Waals surface area contributed by atoms with Gasteiger partial charge in [-0.2, -0.15) is 0 Å². The number of hydrogen-bond acceptors (Lipinski definition) is 4. The second kappa shape index (κ2) is 14.6. The van der Waals surface area contributed by atoms with Gasteiger partial charge in [-0.1, -0.05) is 117 Å². The van der Waals surface area contributed by atoms with Crippen molar-refractivity contribution in [3.8, 4) is 0 Å². The van der Waals surface area contributed by atoms with Crippen LogP contribution in [0.2, 0.25) is 0 Å². The highest BCUT2D eigenvalue weighted by Gasteiger charge is 2.08. The predicted octanol–water partition coefficient (Wildman–Crippen LogP) is 5.13. The summed E-state index contributed by atoms with van der Waals surface area (Å²) in [5.74, 6) is 0. The first-order valence-electron chi connectivity index (χ1n) is 10.1. The lowest BCUT2D eigenvalue weighted by molar-refractivity contribution is 0.112. The lowest BCUT2D eigenvalue weighted by atomic mass is 9.81. The summed E-state index contributed by atoms with van der Waals surface area (Å²) in [6.45, 7) is 0. The molecule has 0 aliphatic rings. The van der Waals surface area contributed by atoms with Crippen molar-refractivity contribution in [3.63, 3.8) is 0 Å². The quantitative estimate of drug-likeness (QED) is 0.236. The zero-order valence-electron chi connectivity index (χ0n) is 17.8. The van der Waals surface area contributed by atoms with Crippen molar-refractivity contribution in [2.75, 3.05) is 0 Å². The molecule has 0 radical (unpaired) electrons. The number of halogens is 2. The summed E-state index contributed by atoms with van der Waals surface area (Å²) in [7, 11) is -1.34. The largest absolute Gasteiger partial charge is 0.488 e. The Morgan fingerprint density at radius 1 is 0.667 bits per heavy atom. The van der Waals surface area contributed by atoms with Gasteiger partial charge < -0.3 is 15.8 Å². The minimum atomic E-state index is -1.34. The molecule has 168 valence electrons. The molecule has 0 aromatic heterocycles. The minimum Gasteiger partial charge on any atom is -0.423 e. The van der Waals surface area contributed by atoms with E-state index < -0.39 is 7.12 Å². The number of hydrogen-bond donors (Lipinski definition) is 3. The summed E-state index contributed by atoms with van der Waals surface area (Å²) in [6.07, 6.45) is 0.826. The molecule has 4 aromatic rings. The summed E-state index contributed by atoms with van der Waals surface area (Å²) in [5, 5.41) is 17.2. The van der Waals surface area contributed by atoms with E-state index in [-0.39, 0.29) is 6.04 Å². The van der Waals surface area contributed by atoms with Crippen LogP contribution in [0.15, 0.2) is 118 Å². The maximum absolute atomic E-state index is 10.1. The summed E-state index contributed by atoms with van der Waals surface area (Å²) in [5.41, 5.74) is 9.65. The molecule has 0 amide bonds. The highest BCUT2D eigenvalue weighted by atomic mass is 79.9. The van der Waals surface area contributed by atoms with Gasteiger partial charge in [-0.05, 0) is 40.9 Å². The van der Waals surface area contributed by atoms with Crippen LogP contribution < -0.4 is 11.2 Å². The molecule has 4 nitrogen and oxygen atoms in total. The standard InChI is InChI=1S/C13H12BrN.C7H5BrO.C6H7BO2/c14-12-8-6-11(7-9-12)13(15)10-4-2-1-3-5-10;8-7-3-1-6(5-9)2-4-7;8-7(9)6-4-2-1-3-5-6/h1-9,13H,15H2;1-5H;1-5,8-9H. The van der Waals surface area contributed by atoms with Crippen LogP contribution in [0.1, 0.15) is 27.5 Å². The van der Waals surface area contributed by atoms with Gasteiger partial charge >= 0.3 is 7.12 Å². The number of rotatable bonds is 4. The smallest absolute Gasteiger partial charge is 0.423 e. The van der Waals surface area contributed by atoms with Crippen molar-refractivity contribution in [1.82, 2.24) is 0 Å². The highest BCUT2D eigenvalue weighted by molar-refractivity contribution is 9.10. The lowest BCUT2D eigenvalue weighted by Gasteiger charge is -2.12. The van der Waals surface area contributed by atoms with Crippen molar-refractivity contribution >= 4 is 50.7 Å². The topological polar surface area (TPSA) is 83.6 Å². The van der Waals surface area contributed by atoms with Gasteiger partial charge in [0, 0.05) is 14.5 Å². The molecule has 0 bridgehead atoms. The second-order valence-electron chi connectivity index (χ2n) is 6.89. The van der Waals surface area contributed by atoms with E-state index in [1.807, 2.05) is 72.8 Å². The van der Waals surface area contributed by atoms with Crippen molar-refractivity contribution in [2.45, 2.75) is 6.04 Å².